The number of amides is 3. The minimum atomic E-state index is -0.981. The third-order valence-electron chi connectivity index (χ3n) is 5.18. The lowest BCUT2D eigenvalue weighted by atomic mass is 9.98. The minimum Gasteiger partial charge on any atom is -0.344 e. The van der Waals surface area contributed by atoms with E-state index in [1.54, 1.807) is 30.5 Å². The highest BCUT2D eigenvalue weighted by molar-refractivity contribution is 5.96. The van der Waals surface area contributed by atoms with Gasteiger partial charge in [0.25, 0.3) is 5.91 Å². The lowest BCUT2D eigenvalue weighted by Gasteiger charge is -2.25. The summed E-state index contributed by atoms with van der Waals surface area (Å²) >= 11 is 0. The number of hydrogen-bond acceptors (Lipinski definition) is 4. The molecule has 1 aliphatic rings. The first kappa shape index (κ1) is 24.0. The van der Waals surface area contributed by atoms with Crippen LogP contribution in [0.2, 0.25) is 0 Å². The van der Waals surface area contributed by atoms with E-state index in [0.717, 1.165) is 23.2 Å². The van der Waals surface area contributed by atoms with E-state index in [1.165, 1.54) is 7.05 Å². The number of carbonyl (C=O) groups is 3. The Balaban J connectivity index is 1.77. The Hall–Kier alpha value is -3.62. The molecule has 0 bridgehead atoms. The van der Waals surface area contributed by atoms with E-state index in [2.05, 4.69) is 15.7 Å². The first-order chi connectivity index (χ1) is 15.6. The molecule has 9 heteroatoms. The van der Waals surface area contributed by atoms with Gasteiger partial charge in [-0.1, -0.05) is 38.1 Å². The summed E-state index contributed by atoms with van der Waals surface area (Å²) in [6.45, 7) is 3.78. The van der Waals surface area contributed by atoms with Gasteiger partial charge in [-0.15, -0.1) is 0 Å². The van der Waals surface area contributed by atoms with Crippen molar-refractivity contribution in [3.05, 3.63) is 70.8 Å². The van der Waals surface area contributed by atoms with Gasteiger partial charge in [0.15, 0.2) is 0 Å². The fourth-order valence-corrected chi connectivity index (χ4v) is 3.65. The van der Waals surface area contributed by atoms with Crippen molar-refractivity contribution in [1.29, 1.82) is 0 Å². The SMILES string of the molecule is CC(C)C[C@H](NC(=O)Cc1cc(F)cc(F)c1)C(=O)NC1C(=O)N(C)N=Cc2ccccc21. The first-order valence-corrected chi connectivity index (χ1v) is 10.6. The second kappa shape index (κ2) is 10.3. The van der Waals surface area contributed by atoms with Crippen LogP contribution < -0.4 is 10.6 Å². The summed E-state index contributed by atoms with van der Waals surface area (Å²) in [5, 5.41) is 10.6. The van der Waals surface area contributed by atoms with Gasteiger partial charge in [0.2, 0.25) is 11.8 Å². The van der Waals surface area contributed by atoms with Crippen LogP contribution in [0, 0.1) is 17.6 Å². The van der Waals surface area contributed by atoms with Crippen LogP contribution in [0.5, 0.6) is 0 Å². The van der Waals surface area contributed by atoms with Crippen molar-refractivity contribution >= 4 is 23.9 Å². The molecule has 1 aliphatic heterocycles. The van der Waals surface area contributed by atoms with Gasteiger partial charge in [0.05, 0.1) is 12.6 Å². The second-order valence-corrected chi connectivity index (χ2v) is 8.38. The Labute approximate surface area is 190 Å². The molecule has 174 valence electrons. The zero-order chi connectivity index (χ0) is 24.1. The normalized spacial score (nSPS) is 16.2. The van der Waals surface area contributed by atoms with Crippen molar-refractivity contribution in [2.24, 2.45) is 11.0 Å². The predicted molar refractivity (Wildman–Crippen MR) is 119 cm³/mol. The van der Waals surface area contributed by atoms with Crippen LogP contribution in [0.15, 0.2) is 47.6 Å². The molecule has 1 unspecified atom stereocenters. The number of fused-ring (bicyclic) bond motifs is 1. The zero-order valence-electron chi connectivity index (χ0n) is 18.6. The number of hydrogen-bond donors (Lipinski definition) is 2. The fourth-order valence-electron chi connectivity index (χ4n) is 3.65. The van der Waals surface area contributed by atoms with Crippen LogP contribution in [0.3, 0.4) is 0 Å². The highest BCUT2D eigenvalue weighted by atomic mass is 19.1. The number of rotatable bonds is 7. The van der Waals surface area contributed by atoms with Gasteiger partial charge in [-0.3, -0.25) is 14.4 Å². The van der Waals surface area contributed by atoms with Gasteiger partial charge >= 0.3 is 0 Å². The summed E-state index contributed by atoms with van der Waals surface area (Å²) in [5.74, 6) is -3.04. The molecule has 1 heterocycles. The van der Waals surface area contributed by atoms with E-state index in [-0.39, 0.29) is 17.9 Å². The largest absolute Gasteiger partial charge is 0.344 e. The monoisotopic (exact) mass is 456 g/mol. The average Bonchev–Trinajstić information content (AvgIpc) is 2.84. The minimum absolute atomic E-state index is 0.0517. The standard InChI is InChI=1S/C24H26F2N4O3/c1-14(2)8-20(28-21(31)11-15-9-17(25)12-18(26)10-15)23(32)29-22-19-7-5-4-6-16(19)13-27-30(3)24(22)33/h4-7,9-10,12-14,20,22H,8,11H2,1-3H3,(H,28,31)(H,29,32)/t20-,22?/m0/s1. The highest BCUT2D eigenvalue weighted by Crippen LogP contribution is 2.22. The predicted octanol–water partition coefficient (Wildman–Crippen LogP) is 2.70. The van der Waals surface area contributed by atoms with Gasteiger partial charge in [0.1, 0.15) is 23.7 Å². The van der Waals surface area contributed by atoms with E-state index in [9.17, 15) is 23.2 Å². The van der Waals surface area contributed by atoms with Crippen LogP contribution in [0.4, 0.5) is 8.78 Å². The molecule has 3 rings (SSSR count). The smallest absolute Gasteiger partial charge is 0.269 e. The molecule has 2 atom stereocenters. The Morgan fingerprint density at radius 3 is 2.45 bits per heavy atom. The van der Waals surface area contributed by atoms with Crippen molar-refractivity contribution < 1.29 is 23.2 Å². The number of likely N-dealkylation sites (N-methyl/N-ethyl adjacent to an activating group) is 1. The maximum absolute atomic E-state index is 13.4. The molecule has 2 aromatic rings. The first-order valence-electron chi connectivity index (χ1n) is 10.6. The van der Waals surface area contributed by atoms with Crippen LogP contribution in [-0.4, -0.2) is 42.0 Å². The summed E-state index contributed by atoms with van der Waals surface area (Å²) in [6, 6.07) is 8.02. The lowest BCUT2D eigenvalue weighted by Crippen LogP contribution is -2.50. The fraction of sp³-hybridized carbons (Fsp3) is 0.333. The number of nitrogens with one attached hydrogen (secondary N) is 2. The second-order valence-electron chi connectivity index (χ2n) is 8.38. The third-order valence-corrected chi connectivity index (χ3v) is 5.18. The summed E-state index contributed by atoms with van der Waals surface area (Å²) in [7, 11) is 1.50. The quantitative estimate of drug-likeness (QED) is 0.671. The molecule has 0 saturated carbocycles. The van der Waals surface area contributed by atoms with Crippen molar-refractivity contribution in [3.63, 3.8) is 0 Å². The van der Waals surface area contributed by atoms with Crippen molar-refractivity contribution in [3.8, 4) is 0 Å². The maximum atomic E-state index is 13.4. The molecular weight excluding hydrogens is 430 g/mol. The molecule has 0 aromatic heterocycles. The molecule has 33 heavy (non-hydrogen) atoms. The number of carbonyl (C=O) groups excluding carboxylic acids is 3. The van der Waals surface area contributed by atoms with Gasteiger partial charge < -0.3 is 10.6 Å². The van der Waals surface area contributed by atoms with Crippen molar-refractivity contribution in [1.82, 2.24) is 15.6 Å². The Morgan fingerprint density at radius 1 is 1.12 bits per heavy atom. The molecule has 2 N–H and O–H groups in total. The van der Waals surface area contributed by atoms with Crippen molar-refractivity contribution in [2.75, 3.05) is 7.05 Å². The average molecular weight is 456 g/mol. The van der Waals surface area contributed by atoms with E-state index < -0.39 is 41.4 Å². The third kappa shape index (κ3) is 6.21. The highest BCUT2D eigenvalue weighted by Gasteiger charge is 2.32. The summed E-state index contributed by atoms with van der Waals surface area (Å²) in [4.78, 5) is 38.6. The van der Waals surface area contributed by atoms with Crippen LogP contribution in [0.25, 0.3) is 0 Å². The molecule has 0 fully saturated rings. The number of nitrogens with zero attached hydrogens (tertiary/aromatic N) is 2. The van der Waals surface area contributed by atoms with E-state index in [0.29, 0.717) is 17.5 Å². The topological polar surface area (TPSA) is 90.9 Å². The van der Waals surface area contributed by atoms with Crippen LogP contribution >= 0.6 is 0 Å². The summed E-state index contributed by atoms with van der Waals surface area (Å²) in [5.41, 5.74) is 1.44. The van der Waals surface area contributed by atoms with Gasteiger partial charge in [-0.25, -0.2) is 13.8 Å². The number of halogens is 2. The van der Waals surface area contributed by atoms with E-state index in [4.69, 9.17) is 0 Å². The Bertz CT molecular complexity index is 1070. The Morgan fingerprint density at radius 2 is 1.79 bits per heavy atom. The van der Waals surface area contributed by atoms with Crippen LogP contribution in [-0.2, 0) is 20.8 Å². The van der Waals surface area contributed by atoms with Crippen molar-refractivity contribution in [2.45, 2.75) is 38.8 Å². The molecule has 0 spiro atoms. The number of benzene rings is 2. The van der Waals surface area contributed by atoms with Gasteiger partial charge in [-0.2, -0.15) is 5.10 Å². The molecule has 0 saturated heterocycles. The molecule has 2 aromatic carbocycles. The molecule has 0 aliphatic carbocycles. The van der Waals surface area contributed by atoms with Crippen LogP contribution in [0.1, 0.15) is 43.0 Å². The van der Waals surface area contributed by atoms with Gasteiger partial charge in [-0.05, 0) is 35.6 Å². The maximum Gasteiger partial charge on any atom is 0.269 e. The zero-order valence-corrected chi connectivity index (χ0v) is 18.6. The molecule has 3 amide bonds. The Kier molecular flexibility index (Phi) is 7.52. The summed E-state index contributed by atoms with van der Waals surface area (Å²) in [6.07, 6.45) is 1.56. The summed E-state index contributed by atoms with van der Waals surface area (Å²) < 4.78 is 26.9. The molecular formula is C24H26F2N4O3. The van der Waals surface area contributed by atoms with Gasteiger partial charge in [0, 0.05) is 18.7 Å². The molecule has 7 nitrogen and oxygen atoms in total. The lowest BCUT2D eigenvalue weighted by molar-refractivity contribution is -0.136. The number of hydrazone groups is 1. The van der Waals surface area contributed by atoms with E-state index >= 15 is 0 Å². The molecule has 0 radical (unpaired) electrons. The van der Waals surface area contributed by atoms with E-state index in [1.807, 2.05) is 13.8 Å².